The van der Waals surface area contributed by atoms with E-state index < -0.39 is 17.4 Å². The first-order chi connectivity index (χ1) is 8.90. The molecular formula is C12H20N4O3. The molecule has 1 aliphatic heterocycles. The van der Waals surface area contributed by atoms with Crippen LogP contribution < -0.4 is 21.9 Å². The van der Waals surface area contributed by atoms with E-state index in [-0.39, 0.29) is 17.4 Å². The van der Waals surface area contributed by atoms with Crippen molar-refractivity contribution in [1.82, 2.24) is 9.55 Å². The fourth-order valence-corrected chi connectivity index (χ4v) is 2.37. The summed E-state index contributed by atoms with van der Waals surface area (Å²) in [6.45, 7) is 5.32. The van der Waals surface area contributed by atoms with Gasteiger partial charge in [0.05, 0.1) is 6.10 Å². The third kappa shape index (κ3) is 2.65. The minimum Gasteiger partial charge on any atom is -0.391 e. The van der Waals surface area contributed by atoms with E-state index in [0.29, 0.717) is 26.1 Å². The van der Waals surface area contributed by atoms with Gasteiger partial charge in [-0.1, -0.05) is 13.8 Å². The minimum absolute atomic E-state index is 0.177. The molecule has 0 unspecified atom stereocenters. The van der Waals surface area contributed by atoms with Crippen molar-refractivity contribution in [1.29, 1.82) is 0 Å². The summed E-state index contributed by atoms with van der Waals surface area (Å²) in [7, 11) is 0. The molecule has 19 heavy (non-hydrogen) atoms. The molecule has 0 aliphatic carbocycles. The Morgan fingerprint density at radius 2 is 2.16 bits per heavy atom. The summed E-state index contributed by atoms with van der Waals surface area (Å²) in [5.74, 6) is 0.416. The van der Waals surface area contributed by atoms with Crippen LogP contribution in [0.5, 0.6) is 0 Å². The Hall–Kier alpha value is -1.76. The number of hydrogen-bond donors (Lipinski definition) is 3. The Morgan fingerprint density at radius 3 is 2.68 bits per heavy atom. The summed E-state index contributed by atoms with van der Waals surface area (Å²) in [6.07, 6.45) is 0.145. The van der Waals surface area contributed by atoms with Crippen molar-refractivity contribution in [2.45, 2.75) is 32.9 Å². The normalized spacial score (nSPS) is 19.4. The molecule has 1 saturated heterocycles. The van der Waals surface area contributed by atoms with E-state index in [0.717, 1.165) is 0 Å². The van der Waals surface area contributed by atoms with Crippen LogP contribution in [0.15, 0.2) is 9.59 Å². The standard InChI is InChI=1S/C12H20N4O3/c1-7(2)5-16-10(13)9(11(18)14-12(16)19)15-4-3-8(17)6-15/h7-8,17H,3-6,13H2,1-2H3,(H,14,18,19)/t8-/m0/s1. The highest BCUT2D eigenvalue weighted by molar-refractivity contribution is 5.63. The maximum atomic E-state index is 11.9. The molecule has 1 fully saturated rings. The van der Waals surface area contributed by atoms with E-state index >= 15 is 0 Å². The minimum atomic E-state index is -0.489. The molecular weight excluding hydrogens is 248 g/mol. The lowest BCUT2D eigenvalue weighted by Crippen LogP contribution is -2.38. The van der Waals surface area contributed by atoms with Crippen LogP contribution in [0, 0.1) is 5.92 Å². The number of aromatic amines is 1. The second-order valence-corrected chi connectivity index (χ2v) is 5.39. The number of aliphatic hydroxyl groups is 1. The number of anilines is 2. The number of nitrogens with zero attached hydrogens (tertiary/aromatic N) is 2. The molecule has 4 N–H and O–H groups in total. The molecule has 106 valence electrons. The van der Waals surface area contributed by atoms with Gasteiger partial charge in [0.15, 0.2) is 0 Å². The lowest BCUT2D eigenvalue weighted by Gasteiger charge is -2.21. The van der Waals surface area contributed by atoms with Crippen LogP contribution in [0.1, 0.15) is 20.3 Å². The van der Waals surface area contributed by atoms with E-state index in [1.54, 1.807) is 4.90 Å². The van der Waals surface area contributed by atoms with Gasteiger partial charge in [0.1, 0.15) is 11.5 Å². The Kier molecular flexibility index (Phi) is 3.66. The third-order valence-corrected chi connectivity index (χ3v) is 3.24. The van der Waals surface area contributed by atoms with Crippen LogP contribution in [0.2, 0.25) is 0 Å². The van der Waals surface area contributed by atoms with Gasteiger partial charge < -0.3 is 15.7 Å². The van der Waals surface area contributed by atoms with Crippen molar-refractivity contribution < 1.29 is 5.11 Å². The number of nitrogens with two attached hydrogens (primary N) is 1. The second kappa shape index (κ2) is 5.08. The van der Waals surface area contributed by atoms with Gasteiger partial charge in [-0.25, -0.2) is 4.79 Å². The Morgan fingerprint density at radius 1 is 1.47 bits per heavy atom. The molecule has 0 aromatic carbocycles. The highest BCUT2D eigenvalue weighted by Gasteiger charge is 2.26. The first-order valence-electron chi connectivity index (χ1n) is 6.45. The lowest BCUT2D eigenvalue weighted by atomic mass is 10.2. The molecule has 0 spiro atoms. The van der Waals surface area contributed by atoms with Crippen LogP contribution in [-0.4, -0.2) is 33.9 Å². The van der Waals surface area contributed by atoms with E-state index in [9.17, 15) is 14.7 Å². The van der Waals surface area contributed by atoms with Crippen molar-refractivity contribution >= 4 is 11.5 Å². The first-order valence-corrected chi connectivity index (χ1v) is 6.45. The van der Waals surface area contributed by atoms with Crippen molar-refractivity contribution in [2.24, 2.45) is 5.92 Å². The molecule has 0 radical (unpaired) electrons. The van der Waals surface area contributed by atoms with E-state index in [4.69, 9.17) is 5.73 Å². The van der Waals surface area contributed by atoms with Gasteiger partial charge in [-0.2, -0.15) is 0 Å². The largest absolute Gasteiger partial charge is 0.391 e. The van der Waals surface area contributed by atoms with Crippen LogP contribution in [-0.2, 0) is 6.54 Å². The summed E-state index contributed by atoms with van der Waals surface area (Å²) in [5, 5.41) is 9.55. The van der Waals surface area contributed by atoms with Gasteiger partial charge in [0.2, 0.25) is 0 Å². The number of aliphatic hydroxyl groups excluding tert-OH is 1. The number of nitrogen functional groups attached to an aromatic ring is 1. The fraction of sp³-hybridized carbons (Fsp3) is 0.667. The van der Waals surface area contributed by atoms with E-state index in [1.807, 2.05) is 13.8 Å². The number of rotatable bonds is 3. The Bertz CT molecular complexity index is 575. The summed E-state index contributed by atoms with van der Waals surface area (Å²) in [4.78, 5) is 27.7. The van der Waals surface area contributed by atoms with Gasteiger partial charge in [-0.3, -0.25) is 14.3 Å². The van der Waals surface area contributed by atoms with Crippen LogP contribution in [0.25, 0.3) is 0 Å². The number of H-pyrrole nitrogens is 1. The van der Waals surface area contributed by atoms with Crippen LogP contribution in [0.4, 0.5) is 11.5 Å². The van der Waals surface area contributed by atoms with Crippen molar-refractivity contribution in [3.63, 3.8) is 0 Å². The summed E-state index contributed by atoms with van der Waals surface area (Å²) < 4.78 is 1.38. The average Bonchev–Trinajstić information content (AvgIpc) is 2.70. The smallest absolute Gasteiger partial charge is 0.330 e. The average molecular weight is 268 g/mol. The van der Waals surface area contributed by atoms with Gasteiger partial charge in [-0.05, 0) is 12.3 Å². The highest BCUT2D eigenvalue weighted by atomic mass is 16.3. The third-order valence-electron chi connectivity index (χ3n) is 3.24. The summed E-state index contributed by atoms with van der Waals surface area (Å²) >= 11 is 0. The molecule has 0 amide bonds. The zero-order valence-corrected chi connectivity index (χ0v) is 11.2. The predicted molar refractivity (Wildman–Crippen MR) is 73.4 cm³/mol. The zero-order chi connectivity index (χ0) is 14.2. The molecule has 2 rings (SSSR count). The number of aromatic nitrogens is 2. The van der Waals surface area contributed by atoms with E-state index in [1.165, 1.54) is 4.57 Å². The molecule has 1 aromatic heterocycles. The SMILES string of the molecule is CC(C)Cn1c(N)c(N2CC[C@H](O)C2)c(=O)[nH]c1=O. The number of β-amino-alcohol motifs (C(OH)–C–C–N with tert-alkyl or cyclic N) is 1. The van der Waals surface area contributed by atoms with Crippen molar-refractivity contribution in [3.05, 3.63) is 20.8 Å². The van der Waals surface area contributed by atoms with E-state index in [2.05, 4.69) is 4.98 Å². The van der Waals surface area contributed by atoms with Gasteiger partial charge in [-0.15, -0.1) is 0 Å². The number of nitrogens with one attached hydrogen (secondary N) is 1. The van der Waals surface area contributed by atoms with Crippen molar-refractivity contribution in [3.8, 4) is 0 Å². The highest BCUT2D eigenvalue weighted by Crippen LogP contribution is 2.22. The molecule has 0 bridgehead atoms. The van der Waals surface area contributed by atoms with Gasteiger partial charge >= 0.3 is 5.69 Å². The summed E-state index contributed by atoms with van der Waals surface area (Å²) in [6, 6.07) is 0. The topological polar surface area (TPSA) is 104 Å². The molecule has 7 nitrogen and oxygen atoms in total. The van der Waals surface area contributed by atoms with Gasteiger partial charge in [0, 0.05) is 19.6 Å². The molecule has 1 aromatic rings. The first kappa shape index (κ1) is 13.7. The predicted octanol–water partition coefficient (Wildman–Crippen LogP) is -0.654. The van der Waals surface area contributed by atoms with Crippen LogP contribution in [0.3, 0.4) is 0 Å². The van der Waals surface area contributed by atoms with Crippen LogP contribution >= 0.6 is 0 Å². The zero-order valence-electron chi connectivity index (χ0n) is 11.2. The molecule has 1 aliphatic rings. The fourth-order valence-electron chi connectivity index (χ4n) is 2.37. The molecule has 1 atom stereocenters. The lowest BCUT2D eigenvalue weighted by molar-refractivity contribution is 0.198. The summed E-state index contributed by atoms with van der Waals surface area (Å²) in [5.41, 5.74) is 5.29. The maximum Gasteiger partial charge on any atom is 0.330 e. The Labute approximate surface area is 110 Å². The second-order valence-electron chi connectivity index (χ2n) is 5.39. The monoisotopic (exact) mass is 268 g/mol. The maximum absolute atomic E-state index is 11.9. The van der Waals surface area contributed by atoms with Crippen molar-refractivity contribution in [2.75, 3.05) is 23.7 Å². The Balaban J connectivity index is 2.49. The molecule has 7 heteroatoms. The van der Waals surface area contributed by atoms with Gasteiger partial charge in [0.25, 0.3) is 5.56 Å². The molecule has 0 saturated carbocycles. The number of hydrogen-bond acceptors (Lipinski definition) is 5. The quantitative estimate of drug-likeness (QED) is 0.675. The molecule has 2 heterocycles.